The van der Waals surface area contributed by atoms with Crippen LogP contribution in [0.3, 0.4) is 0 Å². The Balaban J connectivity index is 2.58. The maximum Gasteiger partial charge on any atom is 0.162 e. The van der Waals surface area contributed by atoms with E-state index in [1.54, 1.807) is 7.11 Å². The molecule has 2 rings (SSSR count). The van der Waals surface area contributed by atoms with Crippen molar-refractivity contribution in [2.75, 3.05) is 19.5 Å². The number of nitrogens with one attached hydrogen (secondary N) is 1. The van der Waals surface area contributed by atoms with Crippen molar-refractivity contribution in [1.82, 2.24) is 15.0 Å². The topological polar surface area (TPSA) is 59.9 Å². The van der Waals surface area contributed by atoms with E-state index in [9.17, 15) is 0 Å². The minimum atomic E-state index is 0.424. The van der Waals surface area contributed by atoms with Crippen LogP contribution >= 0.6 is 15.9 Å². The summed E-state index contributed by atoms with van der Waals surface area (Å²) >= 11 is 3.50. The van der Waals surface area contributed by atoms with Crippen LogP contribution in [0.1, 0.15) is 17.1 Å². The second-order valence-corrected chi connectivity index (χ2v) is 5.27. The number of rotatable bonds is 4. The molecule has 2 heterocycles. The lowest BCUT2D eigenvalue weighted by Crippen LogP contribution is -2.04. The SMILES string of the molecule is CNc1nc(-c2cc(C)nc(C)c2)nc(COC)c1Br. The summed E-state index contributed by atoms with van der Waals surface area (Å²) in [6, 6.07) is 3.96. The van der Waals surface area contributed by atoms with Crippen LogP contribution in [0, 0.1) is 13.8 Å². The number of pyridine rings is 1. The van der Waals surface area contributed by atoms with Crippen LogP contribution in [-0.2, 0) is 11.3 Å². The summed E-state index contributed by atoms with van der Waals surface area (Å²) < 4.78 is 6.01. The molecule has 0 aromatic carbocycles. The van der Waals surface area contributed by atoms with E-state index < -0.39 is 0 Å². The van der Waals surface area contributed by atoms with Crippen LogP contribution in [0.2, 0.25) is 0 Å². The second-order valence-electron chi connectivity index (χ2n) is 4.48. The first-order chi connectivity index (χ1) is 9.55. The fourth-order valence-electron chi connectivity index (χ4n) is 1.98. The minimum Gasteiger partial charge on any atom is -0.378 e. The van der Waals surface area contributed by atoms with E-state index in [0.29, 0.717) is 12.4 Å². The van der Waals surface area contributed by atoms with Crippen LogP contribution in [-0.4, -0.2) is 29.1 Å². The van der Waals surface area contributed by atoms with Gasteiger partial charge in [0.2, 0.25) is 0 Å². The summed E-state index contributed by atoms with van der Waals surface area (Å²) in [6.07, 6.45) is 0. The molecule has 0 aliphatic rings. The molecular weight excluding hydrogens is 320 g/mol. The van der Waals surface area contributed by atoms with Crippen molar-refractivity contribution in [3.63, 3.8) is 0 Å². The molecule has 6 heteroatoms. The van der Waals surface area contributed by atoms with Gasteiger partial charge in [0.05, 0.1) is 16.8 Å². The maximum atomic E-state index is 5.19. The number of methoxy groups -OCH3 is 1. The normalized spacial score (nSPS) is 10.7. The van der Waals surface area contributed by atoms with E-state index in [1.165, 1.54) is 0 Å². The van der Waals surface area contributed by atoms with Crippen molar-refractivity contribution < 1.29 is 4.74 Å². The van der Waals surface area contributed by atoms with Gasteiger partial charge in [-0.1, -0.05) is 0 Å². The average Bonchev–Trinajstić information content (AvgIpc) is 2.40. The van der Waals surface area contributed by atoms with E-state index in [4.69, 9.17) is 4.74 Å². The lowest BCUT2D eigenvalue weighted by atomic mass is 10.2. The minimum absolute atomic E-state index is 0.424. The highest BCUT2D eigenvalue weighted by Gasteiger charge is 2.13. The number of nitrogens with zero attached hydrogens (tertiary/aromatic N) is 3. The smallest absolute Gasteiger partial charge is 0.162 e. The summed E-state index contributed by atoms with van der Waals surface area (Å²) in [5.74, 6) is 1.41. The van der Waals surface area contributed by atoms with Crippen molar-refractivity contribution in [3.8, 4) is 11.4 Å². The van der Waals surface area contributed by atoms with E-state index >= 15 is 0 Å². The third kappa shape index (κ3) is 3.13. The third-order valence-electron chi connectivity index (χ3n) is 2.78. The highest BCUT2D eigenvalue weighted by molar-refractivity contribution is 9.10. The molecule has 0 saturated carbocycles. The Bertz CT molecular complexity index is 611. The highest BCUT2D eigenvalue weighted by Crippen LogP contribution is 2.27. The fourth-order valence-corrected chi connectivity index (χ4v) is 2.47. The molecule has 106 valence electrons. The second kappa shape index (κ2) is 6.28. The van der Waals surface area contributed by atoms with Crippen LogP contribution in [0.4, 0.5) is 5.82 Å². The third-order valence-corrected chi connectivity index (χ3v) is 3.61. The zero-order valence-corrected chi connectivity index (χ0v) is 13.6. The van der Waals surface area contributed by atoms with Gasteiger partial charge in [0.1, 0.15) is 5.82 Å². The quantitative estimate of drug-likeness (QED) is 0.929. The van der Waals surface area contributed by atoms with Gasteiger partial charge in [-0.15, -0.1) is 0 Å². The van der Waals surface area contributed by atoms with E-state index in [0.717, 1.165) is 32.9 Å². The maximum absolute atomic E-state index is 5.19. The molecule has 2 aromatic rings. The number of anilines is 1. The Kier molecular flexibility index (Phi) is 4.67. The summed E-state index contributed by atoms with van der Waals surface area (Å²) in [6.45, 7) is 4.35. The van der Waals surface area contributed by atoms with E-state index in [1.807, 2.05) is 33.0 Å². The van der Waals surface area contributed by atoms with Gasteiger partial charge in [0.15, 0.2) is 5.82 Å². The van der Waals surface area contributed by atoms with Gasteiger partial charge in [-0.25, -0.2) is 9.97 Å². The predicted molar refractivity (Wildman–Crippen MR) is 82.7 cm³/mol. The Morgan fingerprint density at radius 2 is 1.80 bits per heavy atom. The molecular formula is C14H17BrN4O. The lowest BCUT2D eigenvalue weighted by Gasteiger charge is -2.11. The van der Waals surface area contributed by atoms with Gasteiger partial charge in [0, 0.05) is 31.1 Å². The van der Waals surface area contributed by atoms with Gasteiger partial charge in [-0.3, -0.25) is 4.98 Å². The molecule has 5 nitrogen and oxygen atoms in total. The standard InChI is InChI=1S/C14H17BrN4O/c1-8-5-10(6-9(2)17-8)13-18-11(7-20-4)12(15)14(16-3)19-13/h5-6H,7H2,1-4H3,(H,16,18,19). The molecule has 2 aromatic heterocycles. The van der Waals surface area contributed by atoms with Crippen molar-refractivity contribution in [3.05, 3.63) is 33.7 Å². The zero-order valence-electron chi connectivity index (χ0n) is 12.0. The van der Waals surface area contributed by atoms with Crippen molar-refractivity contribution in [2.24, 2.45) is 0 Å². The van der Waals surface area contributed by atoms with Crippen LogP contribution in [0.25, 0.3) is 11.4 Å². The predicted octanol–water partition coefficient (Wildman–Crippen LogP) is 3.11. The molecule has 1 N–H and O–H groups in total. The molecule has 0 aliphatic carbocycles. The van der Waals surface area contributed by atoms with Crippen LogP contribution in [0.15, 0.2) is 16.6 Å². The van der Waals surface area contributed by atoms with Gasteiger partial charge in [-0.05, 0) is 41.9 Å². The molecule has 0 fully saturated rings. The number of halogens is 1. The van der Waals surface area contributed by atoms with E-state index in [2.05, 4.69) is 36.2 Å². The first-order valence-electron chi connectivity index (χ1n) is 6.24. The Hall–Kier alpha value is -1.53. The van der Waals surface area contributed by atoms with Gasteiger partial charge < -0.3 is 10.1 Å². The van der Waals surface area contributed by atoms with Gasteiger partial charge >= 0.3 is 0 Å². The molecule has 0 spiro atoms. The Morgan fingerprint density at radius 1 is 1.15 bits per heavy atom. The first-order valence-corrected chi connectivity index (χ1v) is 7.03. The number of aryl methyl sites for hydroxylation is 2. The van der Waals surface area contributed by atoms with Gasteiger partial charge in [-0.2, -0.15) is 0 Å². The molecule has 0 saturated heterocycles. The number of aromatic nitrogens is 3. The Morgan fingerprint density at radius 3 is 2.35 bits per heavy atom. The number of hydrogen-bond acceptors (Lipinski definition) is 5. The molecule has 0 bridgehead atoms. The largest absolute Gasteiger partial charge is 0.378 e. The molecule has 0 amide bonds. The summed E-state index contributed by atoms with van der Waals surface area (Å²) in [7, 11) is 3.48. The zero-order chi connectivity index (χ0) is 14.7. The molecule has 20 heavy (non-hydrogen) atoms. The van der Waals surface area contributed by atoms with Crippen LogP contribution in [0.5, 0.6) is 0 Å². The monoisotopic (exact) mass is 336 g/mol. The fraction of sp³-hybridized carbons (Fsp3) is 0.357. The summed E-state index contributed by atoms with van der Waals surface area (Å²) in [4.78, 5) is 13.5. The van der Waals surface area contributed by atoms with Crippen LogP contribution < -0.4 is 5.32 Å². The van der Waals surface area contributed by atoms with Gasteiger partial charge in [0.25, 0.3) is 0 Å². The van der Waals surface area contributed by atoms with Crippen molar-refractivity contribution >= 4 is 21.7 Å². The first kappa shape index (κ1) is 14.9. The molecule has 0 aliphatic heterocycles. The van der Waals surface area contributed by atoms with Crippen molar-refractivity contribution in [1.29, 1.82) is 0 Å². The molecule has 0 atom stereocenters. The number of ether oxygens (including phenoxy) is 1. The van der Waals surface area contributed by atoms with E-state index in [-0.39, 0.29) is 0 Å². The summed E-state index contributed by atoms with van der Waals surface area (Å²) in [5.41, 5.74) is 3.67. The lowest BCUT2D eigenvalue weighted by molar-refractivity contribution is 0.181. The highest BCUT2D eigenvalue weighted by atomic mass is 79.9. The molecule has 0 unspecified atom stereocenters. The molecule has 0 radical (unpaired) electrons. The van der Waals surface area contributed by atoms with Crippen molar-refractivity contribution in [2.45, 2.75) is 20.5 Å². The summed E-state index contributed by atoms with van der Waals surface area (Å²) in [5, 5.41) is 3.06. The number of hydrogen-bond donors (Lipinski definition) is 1. The Labute approximate surface area is 127 Å². The average molecular weight is 337 g/mol.